The van der Waals surface area contributed by atoms with Crippen molar-refractivity contribution in [3.63, 3.8) is 0 Å². The number of likely N-dealkylation sites (tertiary alicyclic amines) is 2. The lowest BCUT2D eigenvalue weighted by atomic mass is 9.88. The van der Waals surface area contributed by atoms with Crippen LogP contribution in [0.4, 0.5) is 9.59 Å². The second-order valence-electron chi connectivity index (χ2n) is 19.6. The summed E-state index contributed by atoms with van der Waals surface area (Å²) in [6, 6.07) is 12.4. The Morgan fingerprint density at radius 3 is 1.78 bits per heavy atom. The highest BCUT2D eigenvalue weighted by molar-refractivity contribution is 5.87. The molecule has 342 valence electrons. The number of rotatable bonds is 12. The van der Waals surface area contributed by atoms with E-state index in [1.54, 1.807) is 0 Å². The summed E-state index contributed by atoms with van der Waals surface area (Å²) in [5, 5.41) is 9.43. The minimum atomic E-state index is -0.704. The van der Waals surface area contributed by atoms with E-state index in [-0.39, 0.29) is 66.2 Å². The van der Waals surface area contributed by atoms with E-state index in [0.717, 1.165) is 65.4 Å². The summed E-state index contributed by atoms with van der Waals surface area (Å²) in [5.74, 6) is 2.06. The average molecular weight is 876 g/mol. The van der Waals surface area contributed by atoms with Gasteiger partial charge in [-0.05, 0) is 83.1 Å². The molecule has 4 amide bonds. The van der Waals surface area contributed by atoms with Gasteiger partial charge in [0.1, 0.15) is 17.7 Å². The highest BCUT2D eigenvalue weighted by atomic mass is 16.5. The number of nitrogens with one attached hydrogen (secondary N) is 5. The van der Waals surface area contributed by atoms with Crippen LogP contribution >= 0.6 is 0 Å². The van der Waals surface area contributed by atoms with Gasteiger partial charge in [0.2, 0.25) is 11.8 Å². The van der Waals surface area contributed by atoms with Crippen LogP contribution in [0.15, 0.2) is 48.8 Å². The van der Waals surface area contributed by atoms with Gasteiger partial charge in [0.25, 0.3) is 0 Å². The Bertz CT molecular complexity index is 2360. The van der Waals surface area contributed by atoms with Crippen LogP contribution in [0, 0.1) is 35.5 Å². The summed E-state index contributed by atoms with van der Waals surface area (Å²) in [7, 11) is 2.63. The van der Waals surface area contributed by atoms with E-state index >= 15 is 0 Å². The van der Waals surface area contributed by atoms with Crippen LogP contribution in [-0.4, -0.2) is 93.6 Å². The molecule has 0 saturated carbocycles. The fourth-order valence-corrected chi connectivity index (χ4v) is 10.7. The predicted octanol–water partition coefficient (Wildman–Crippen LogP) is 8.08. The van der Waals surface area contributed by atoms with Crippen molar-refractivity contribution in [1.29, 1.82) is 0 Å². The Labute approximate surface area is 376 Å². The monoisotopic (exact) mass is 876 g/mol. The third-order valence-electron chi connectivity index (χ3n) is 14.0. The first-order chi connectivity index (χ1) is 30.6. The van der Waals surface area contributed by atoms with Crippen molar-refractivity contribution in [2.75, 3.05) is 33.9 Å². The first-order valence-electron chi connectivity index (χ1n) is 23.1. The molecule has 5 N–H and O–H groups in total. The standard InChI is InChI=1S/C49H65N9O6/c1-25(2)34(20-52-48(61)63-8)46(59)57-23-28(6)18-39(57)45-51-22-38(55-45)33-15-14-32(41-35-16-27(5)17-36(53-35)42(33)41)30-10-12-31(13-11-30)37-21-50-44(54-37)40-19-29(7)24-58(40)47(60)43(26(3)4)56-49(62)64-9/h10-15,21-22,25-29,34-36,39-40,43,53H,16-20,23-24H2,1-9H3,(H,50,54)(H,51,55)(H,52,61)(H,56,62)/t27?,28-,29-,34-,35?,36?,39-,40-,43+/m0/s1. The number of benzene rings is 2. The van der Waals surface area contributed by atoms with Gasteiger partial charge in [-0.3, -0.25) is 9.59 Å². The summed E-state index contributed by atoms with van der Waals surface area (Å²) >= 11 is 0. The fraction of sp³-hybridized carbons (Fsp3) is 0.551. The van der Waals surface area contributed by atoms with E-state index in [9.17, 15) is 19.2 Å². The SMILES string of the molecule is COC(=O)NC[C@H](C(=O)N1C[C@@H](C)C[C@H]1c1ncc(-c2ccc(-c3ccc(-c4cnc([C@@H]5C[C@H](C)CN5C(=O)[C@H](NC(=O)OC)C(C)C)[nH]4)cc3)c3c2C2CC(C)CC3N2)[nH]1)C(C)C. The van der Waals surface area contributed by atoms with Crippen molar-refractivity contribution in [3.05, 3.63) is 71.6 Å². The number of carbonyl (C=O) groups is 4. The number of amides is 4. The predicted molar refractivity (Wildman–Crippen MR) is 243 cm³/mol. The normalized spacial score (nSPS) is 24.8. The number of methoxy groups -OCH3 is 2. The zero-order chi connectivity index (χ0) is 45.6. The lowest BCUT2D eigenvalue weighted by Gasteiger charge is -2.30. The number of fused-ring (bicyclic) bond motifs is 5. The van der Waals surface area contributed by atoms with E-state index in [0.29, 0.717) is 24.9 Å². The average Bonchev–Trinajstić information content (AvgIpc) is 4.13. The Hall–Kier alpha value is -5.70. The van der Waals surface area contributed by atoms with E-state index in [2.05, 4.69) is 83.1 Å². The van der Waals surface area contributed by atoms with Gasteiger partial charge in [-0.25, -0.2) is 19.6 Å². The third kappa shape index (κ3) is 8.75. The van der Waals surface area contributed by atoms with E-state index in [1.165, 1.54) is 30.9 Å². The van der Waals surface area contributed by atoms with Gasteiger partial charge in [-0.2, -0.15) is 0 Å². The quantitative estimate of drug-likeness (QED) is 0.0939. The smallest absolute Gasteiger partial charge is 0.407 e. The molecule has 4 aliphatic heterocycles. The van der Waals surface area contributed by atoms with E-state index in [1.807, 2.05) is 49.9 Å². The molecule has 3 saturated heterocycles. The molecular formula is C49H65N9O6. The first-order valence-corrected chi connectivity index (χ1v) is 23.1. The number of nitrogens with zero attached hydrogens (tertiary/aromatic N) is 4. The molecule has 2 aromatic heterocycles. The van der Waals surface area contributed by atoms with Crippen molar-refractivity contribution in [1.82, 2.24) is 45.7 Å². The van der Waals surface area contributed by atoms with Gasteiger partial charge in [-0.1, -0.05) is 84.9 Å². The molecule has 6 heterocycles. The number of aromatic amines is 2. The number of alkyl carbamates (subject to hydrolysis) is 2. The summed E-state index contributed by atoms with van der Waals surface area (Å²) in [4.78, 5) is 72.7. The number of piperidine rings is 1. The number of aromatic nitrogens is 4. The Morgan fingerprint density at radius 1 is 0.672 bits per heavy atom. The molecule has 2 aromatic carbocycles. The van der Waals surface area contributed by atoms with Crippen LogP contribution in [0.25, 0.3) is 33.6 Å². The number of H-pyrrole nitrogens is 2. The van der Waals surface area contributed by atoms with Crippen molar-refractivity contribution in [2.45, 2.75) is 104 Å². The molecule has 9 atom stereocenters. The molecule has 4 aromatic rings. The fourth-order valence-electron chi connectivity index (χ4n) is 10.7. The Morgan fingerprint density at radius 2 is 1.20 bits per heavy atom. The molecule has 15 heteroatoms. The molecular weight excluding hydrogens is 811 g/mol. The van der Waals surface area contributed by atoms with Crippen molar-refractivity contribution in [2.24, 2.45) is 35.5 Å². The summed E-state index contributed by atoms with van der Waals surface area (Å²) in [6.45, 7) is 15.9. The van der Waals surface area contributed by atoms with Gasteiger partial charge in [0.15, 0.2) is 0 Å². The summed E-state index contributed by atoms with van der Waals surface area (Å²) in [5.41, 5.74) is 8.94. The molecule has 0 spiro atoms. The van der Waals surface area contributed by atoms with Crippen molar-refractivity contribution >= 4 is 24.0 Å². The van der Waals surface area contributed by atoms with E-state index in [4.69, 9.17) is 19.4 Å². The molecule has 15 nitrogen and oxygen atoms in total. The number of hydrogen-bond acceptors (Lipinski definition) is 9. The van der Waals surface area contributed by atoms with Crippen LogP contribution in [0.2, 0.25) is 0 Å². The zero-order valence-corrected chi connectivity index (χ0v) is 38.7. The molecule has 0 aliphatic carbocycles. The molecule has 4 aliphatic rings. The molecule has 3 fully saturated rings. The maximum Gasteiger partial charge on any atom is 0.407 e. The zero-order valence-electron chi connectivity index (χ0n) is 38.7. The second kappa shape index (κ2) is 18.4. The number of hydrogen-bond donors (Lipinski definition) is 5. The van der Waals surface area contributed by atoms with Gasteiger partial charge in [0, 0.05) is 37.3 Å². The minimum absolute atomic E-state index is 0.0168. The Balaban J connectivity index is 1.04. The topological polar surface area (TPSA) is 187 Å². The first kappa shape index (κ1) is 44.9. The van der Waals surface area contributed by atoms with Crippen LogP contribution in [0.1, 0.15) is 121 Å². The molecule has 3 unspecified atom stereocenters. The highest BCUT2D eigenvalue weighted by Gasteiger charge is 2.43. The number of imidazole rings is 2. The minimum Gasteiger partial charge on any atom is -0.453 e. The lowest BCUT2D eigenvalue weighted by Crippen LogP contribution is -2.51. The number of ether oxygens (including phenoxy) is 2. The van der Waals surface area contributed by atoms with E-state index < -0.39 is 18.2 Å². The number of carbonyl (C=O) groups excluding carboxylic acids is 4. The van der Waals surface area contributed by atoms with Gasteiger partial charge in [0.05, 0.1) is 56.0 Å². The maximum atomic E-state index is 14.1. The Kier molecular flexibility index (Phi) is 12.9. The molecule has 0 radical (unpaired) electrons. The molecule has 8 rings (SSSR count). The van der Waals surface area contributed by atoms with Crippen LogP contribution < -0.4 is 16.0 Å². The second-order valence-corrected chi connectivity index (χ2v) is 19.6. The van der Waals surface area contributed by atoms with Crippen LogP contribution in [0.5, 0.6) is 0 Å². The highest BCUT2D eigenvalue weighted by Crippen LogP contribution is 2.52. The summed E-state index contributed by atoms with van der Waals surface area (Å²) < 4.78 is 9.60. The maximum absolute atomic E-state index is 14.1. The van der Waals surface area contributed by atoms with Crippen LogP contribution in [0.3, 0.4) is 0 Å². The van der Waals surface area contributed by atoms with Gasteiger partial charge >= 0.3 is 12.2 Å². The largest absolute Gasteiger partial charge is 0.453 e. The van der Waals surface area contributed by atoms with Gasteiger partial charge in [-0.15, -0.1) is 0 Å². The molecule has 2 bridgehead atoms. The van der Waals surface area contributed by atoms with Crippen LogP contribution in [-0.2, 0) is 19.1 Å². The van der Waals surface area contributed by atoms with Gasteiger partial charge < -0.3 is 45.2 Å². The van der Waals surface area contributed by atoms with Crippen molar-refractivity contribution in [3.8, 4) is 33.6 Å². The summed E-state index contributed by atoms with van der Waals surface area (Å²) in [6.07, 6.45) is 6.28. The lowest BCUT2D eigenvalue weighted by molar-refractivity contribution is -0.138. The third-order valence-corrected chi connectivity index (χ3v) is 14.0. The molecule has 64 heavy (non-hydrogen) atoms. The van der Waals surface area contributed by atoms with Crippen molar-refractivity contribution < 1.29 is 28.7 Å².